The lowest BCUT2D eigenvalue weighted by Gasteiger charge is -2.25. The molecule has 3 rings (SSSR count). The second kappa shape index (κ2) is 12.1. The van der Waals surface area contributed by atoms with Crippen LogP contribution < -0.4 is 14.2 Å². The predicted octanol–water partition coefficient (Wildman–Crippen LogP) is 3.91. The van der Waals surface area contributed by atoms with E-state index in [9.17, 15) is 18.5 Å². The van der Waals surface area contributed by atoms with Crippen LogP contribution >= 0.6 is 11.8 Å². The molecule has 3 atom stereocenters. The average Bonchev–Trinajstić information content (AvgIpc) is 3.02. The van der Waals surface area contributed by atoms with E-state index < -0.39 is 21.1 Å². The molecular weight excluding hydrogens is 514 g/mol. The molecule has 0 amide bonds. The first-order chi connectivity index (χ1) is 17.2. The molecule has 0 radical (unpaired) electrons. The molecule has 0 bridgehead atoms. The second-order valence-corrected chi connectivity index (χ2v) is 10.5. The van der Waals surface area contributed by atoms with E-state index in [4.69, 9.17) is 27.9 Å². The molecule has 0 saturated heterocycles. The van der Waals surface area contributed by atoms with Crippen LogP contribution in [0.25, 0.3) is 0 Å². The predicted molar refractivity (Wildman–Crippen MR) is 133 cm³/mol. The Kier molecular flexibility index (Phi) is 9.41. The molecule has 1 aliphatic rings. The normalized spacial score (nSPS) is 19.8. The van der Waals surface area contributed by atoms with E-state index >= 15 is 0 Å². The first-order valence-electron chi connectivity index (χ1n) is 10.9. The van der Waals surface area contributed by atoms with Crippen LogP contribution in [0.1, 0.15) is 29.4 Å². The lowest BCUT2D eigenvalue weighted by molar-refractivity contribution is -0.385. The van der Waals surface area contributed by atoms with Gasteiger partial charge in [0.15, 0.2) is 0 Å². The Morgan fingerprint density at radius 3 is 2.39 bits per heavy atom. The number of nitro benzene ring substituents is 1. The molecule has 0 saturated carbocycles. The van der Waals surface area contributed by atoms with E-state index in [2.05, 4.69) is 0 Å². The van der Waals surface area contributed by atoms with Gasteiger partial charge in [-0.2, -0.15) is 8.42 Å². The molecule has 2 aromatic carbocycles. The number of methoxy groups -OCH3 is 4. The van der Waals surface area contributed by atoms with Crippen molar-refractivity contribution in [3.63, 3.8) is 0 Å². The summed E-state index contributed by atoms with van der Waals surface area (Å²) < 4.78 is 58.7. The zero-order valence-electron chi connectivity index (χ0n) is 20.6. The largest absolute Gasteiger partial charge is 0.497 e. The molecule has 1 aliphatic heterocycles. The zero-order chi connectivity index (χ0) is 26.5. The highest BCUT2D eigenvalue weighted by molar-refractivity contribution is 7.99. The Hall–Kier alpha value is -2.58. The molecule has 13 heteroatoms. The van der Waals surface area contributed by atoms with Crippen LogP contribution in [0.4, 0.5) is 5.69 Å². The highest BCUT2D eigenvalue weighted by atomic mass is 32.2. The number of thioether (sulfide) groups is 1. The Bertz CT molecular complexity index is 1190. The van der Waals surface area contributed by atoms with Gasteiger partial charge in [0.25, 0.3) is 5.69 Å². The molecule has 0 fully saturated rings. The van der Waals surface area contributed by atoms with E-state index in [1.165, 1.54) is 25.8 Å². The highest BCUT2D eigenvalue weighted by Gasteiger charge is 2.36. The van der Waals surface area contributed by atoms with Gasteiger partial charge in [-0.3, -0.25) is 14.3 Å². The number of hydrogen-bond acceptors (Lipinski definition) is 11. The summed E-state index contributed by atoms with van der Waals surface area (Å²) in [5, 5.41) is 11.0. The molecule has 36 heavy (non-hydrogen) atoms. The van der Waals surface area contributed by atoms with E-state index in [-0.39, 0.29) is 40.9 Å². The summed E-state index contributed by atoms with van der Waals surface area (Å²) in [5.74, 6) is 1.45. The minimum absolute atomic E-state index is 0.0248. The number of benzene rings is 2. The summed E-state index contributed by atoms with van der Waals surface area (Å²) in [6.07, 6.45) is -0.731. The fraction of sp³-hybridized carbons (Fsp3) is 0.478. The van der Waals surface area contributed by atoms with Gasteiger partial charge in [-0.15, -0.1) is 11.8 Å². The van der Waals surface area contributed by atoms with Crippen LogP contribution in [0.3, 0.4) is 0 Å². The molecule has 3 unspecified atom stereocenters. The molecule has 0 aliphatic carbocycles. The molecule has 0 N–H and O–H groups in total. The molecule has 0 aromatic heterocycles. The second-order valence-electron chi connectivity index (χ2n) is 7.64. The molecule has 11 nitrogen and oxygen atoms in total. The van der Waals surface area contributed by atoms with Gasteiger partial charge in [-0.05, 0) is 24.6 Å². The summed E-state index contributed by atoms with van der Waals surface area (Å²) in [4.78, 5) is 10.4. The Balaban J connectivity index is 2.07. The summed E-state index contributed by atoms with van der Waals surface area (Å²) in [7, 11) is 2.07. The topological polar surface area (TPSA) is 133 Å². The SMILES string of the molecule is CCOS(=O)(=O)c1ccc([N+](=O)[O-])cc1OCC1SCC(OC)C(OC)c2cc(OC)cc(OC)c21. The molecule has 198 valence electrons. The van der Waals surface area contributed by atoms with E-state index in [1.807, 2.05) is 6.07 Å². The van der Waals surface area contributed by atoms with Gasteiger partial charge in [0.1, 0.15) is 34.9 Å². The molecule has 0 spiro atoms. The monoisotopic (exact) mass is 543 g/mol. The standard InChI is InChI=1S/C23H29NO10S2/c1-6-34-36(27,28)21-8-7-14(24(25)26)9-17(21)33-12-20-22-16(10-15(29-2)11-18(22)30-3)23(32-5)19(31-4)13-35-20/h7-11,19-20,23H,6,12-13H2,1-5H3. The van der Waals surface area contributed by atoms with Crippen LogP contribution in [-0.2, 0) is 23.8 Å². The zero-order valence-corrected chi connectivity index (χ0v) is 22.2. The fourth-order valence-electron chi connectivity index (χ4n) is 3.99. The lowest BCUT2D eigenvalue weighted by Crippen LogP contribution is -2.24. The number of nitrogens with zero attached hydrogens (tertiary/aromatic N) is 1. The number of rotatable bonds is 11. The lowest BCUT2D eigenvalue weighted by atomic mass is 9.95. The number of fused-ring (bicyclic) bond motifs is 1. The summed E-state index contributed by atoms with van der Waals surface area (Å²) in [5.41, 5.74) is 1.24. The van der Waals surface area contributed by atoms with Crippen molar-refractivity contribution >= 4 is 27.6 Å². The Labute approximate surface area is 214 Å². The number of nitro groups is 1. The van der Waals surface area contributed by atoms with Gasteiger partial charge in [0, 0.05) is 37.7 Å². The van der Waals surface area contributed by atoms with E-state index in [1.54, 1.807) is 27.4 Å². The third-order valence-corrected chi connectivity index (χ3v) is 8.38. The van der Waals surface area contributed by atoms with Crippen molar-refractivity contribution in [3.8, 4) is 17.2 Å². The first-order valence-corrected chi connectivity index (χ1v) is 13.4. The van der Waals surface area contributed by atoms with E-state index in [0.29, 0.717) is 17.3 Å². The third kappa shape index (κ3) is 5.86. The van der Waals surface area contributed by atoms with Crippen molar-refractivity contribution < 1.29 is 41.2 Å². The summed E-state index contributed by atoms with van der Waals surface area (Å²) in [6.45, 7) is 1.41. The quantitative estimate of drug-likeness (QED) is 0.232. The Morgan fingerprint density at radius 2 is 1.81 bits per heavy atom. The maximum atomic E-state index is 12.6. The molecule has 1 heterocycles. The number of hydrogen-bond donors (Lipinski definition) is 0. The molecular formula is C23H29NO10S2. The highest BCUT2D eigenvalue weighted by Crippen LogP contribution is 2.48. The van der Waals surface area contributed by atoms with Gasteiger partial charge in [-0.25, -0.2) is 0 Å². The van der Waals surface area contributed by atoms with Crippen LogP contribution in [0.5, 0.6) is 17.2 Å². The minimum Gasteiger partial charge on any atom is -0.497 e. The van der Waals surface area contributed by atoms with Crippen LogP contribution in [-0.4, -0.2) is 66.9 Å². The van der Waals surface area contributed by atoms with Gasteiger partial charge in [0.2, 0.25) is 0 Å². The Morgan fingerprint density at radius 1 is 1.06 bits per heavy atom. The number of non-ortho nitro benzene ring substituents is 1. The van der Waals surface area contributed by atoms with Gasteiger partial charge in [0.05, 0.1) is 43.2 Å². The molecule has 2 aromatic rings. The minimum atomic E-state index is -4.19. The first kappa shape index (κ1) is 28.0. The summed E-state index contributed by atoms with van der Waals surface area (Å²) >= 11 is 1.51. The van der Waals surface area contributed by atoms with Crippen LogP contribution in [0.15, 0.2) is 35.2 Å². The van der Waals surface area contributed by atoms with E-state index in [0.717, 1.165) is 29.3 Å². The van der Waals surface area contributed by atoms with Crippen LogP contribution in [0, 0.1) is 10.1 Å². The van der Waals surface area contributed by atoms with Gasteiger partial charge < -0.3 is 23.7 Å². The maximum absolute atomic E-state index is 12.6. The van der Waals surface area contributed by atoms with Crippen molar-refractivity contribution in [1.82, 2.24) is 0 Å². The van der Waals surface area contributed by atoms with Crippen molar-refractivity contribution in [2.45, 2.75) is 29.3 Å². The van der Waals surface area contributed by atoms with Gasteiger partial charge in [-0.1, -0.05) is 0 Å². The fourth-order valence-corrected chi connectivity index (χ4v) is 6.34. The van der Waals surface area contributed by atoms with Gasteiger partial charge >= 0.3 is 10.1 Å². The third-order valence-electron chi connectivity index (χ3n) is 5.66. The smallest absolute Gasteiger partial charge is 0.300 e. The average molecular weight is 544 g/mol. The summed E-state index contributed by atoms with van der Waals surface area (Å²) in [6, 6.07) is 6.87. The van der Waals surface area contributed by atoms with Crippen molar-refractivity contribution in [1.29, 1.82) is 0 Å². The van der Waals surface area contributed by atoms with Crippen molar-refractivity contribution in [2.24, 2.45) is 0 Å². The van der Waals surface area contributed by atoms with Crippen LogP contribution in [0.2, 0.25) is 0 Å². The van der Waals surface area contributed by atoms with Crippen molar-refractivity contribution in [2.75, 3.05) is 47.4 Å². The maximum Gasteiger partial charge on any atom is 0.300 e. The number of ether oxygens (including phenoxy) is 5. The van der Waals surface area contributed by atoms with Crippen molar-refractivity contribution in [3.05, 3.63) is 51.6 Å².